The summed E-state index contributed by atoms with van der Waals surface area (Å²) < 4.78 is 17.7. The summed E-state index contributed by atoms with van der Waals surface area (Å²) in [6, 6.07) is 11.5. The van der Waals surface area contributed by atoms with Gasteiger partial charge in [-0.05, 0) is 54.4 Å². The van der Waals surface area contributed by atoms with E-state index in [2.05, 4.69) is 36.6 Å². The van der Waals surface area contributed by atoms with Crippen molar-refractivity contribution in [3.8, 4) is 11.5 Å². The number of ether oxygens (including phenoxy) is 3. The summed E-state index contributed by atoms with van der Waals surface area (Å²) in [5.41, 5.74) is 1.94. The minimum absolute atomic E-state index is 0.108. The van der Waals surface area contributed by atoms with E-state index < -0.39 is 5.97 Å². The van der Waals surface area contributed by atoms with Crippen LogP contribution in [0.15, 0.2) is 45.3 Å². The van der Waals surface area contributed by atoms with Crippen molar-refractivity contribution in [1.29, 1.82) is 0 Å². The first kappa shape index (κ1) is 17.8. The van der Waals surface area contributed by atoms with Crippen LogP contribution < -0.4 is 9.47 Å². The zero-order chi connectivity index (χ0) is 16.8. The lowest BCUT2D eigenvalue weighted by Gasteiger charge is -2.11. The Morgan fingerprint density at radius 2 is 1.74 bits per heavy atom. The molecule has 0 saturated heterocycles. The Morgan fingerprint density at radius 3 is 2.35 bits per heavy atom. The maximum absolute atomic E-state index is 11.1. The Labute approximate surface area is 152 Å². The Kier molecular flexibility index (Phi) is 6.47. The van der Waals surface area contributed by atoms with Crippen LogP contribution in [0.5, 0.6) is 11.5 Å². The third-order valence-corrected chi connectivity index (χ3v) is 3.96. The topological polar surface area (TPSA) is 44.8 Å². The summed E-state index contributed by atoms with van der Waals surface area (Å²) in [6.45, 7) is 2.25. The third kappa shape index (κ3) is 5.55. The maximum atomic E-state index is 11.1. The fraction of sp³-hybridized carbons (Fsp3) is 0.235. The molecule has 0 unspecified atom stereocenters. The van der Waals surface area contributed by atoms with E-state index in [1.165, 1.54) is 7.11 Å². The van der Waals surface area contributed by atoms with Crippen LogP contribution in [0.3, 0.4) is 0 Å². The molecule has 23 heavy (non-hydrogen) atoms. The molecular formula is C17H16Br2O4. The van der Waals surface area contributed by atoms with E-state index in [9.17, 15) is 4.79 Å². The van der Waals surface area contributed by atoms with Crippen LogP contribution in [-0.2, 0) is 16.1 Å². The molecule has 0 aliphatic rings. The highest BCUT2D eigenvalue weighted by atomic mass is 79.9. The zero-order valence-corrected chi connectivity index (χ0v) is 15.9. The first-order valence-corrected chi connectivity index (χ1v) is 8.44. The molecule has 2 rings (SSSR count). The van der Waals surface area contributed by atoms with Crippen LogP contribution in [0.1, 0.15) is 11.1 Å². The second kappa shape index (κ2) is 8.36. The fourth-order valence-electron chi connectivity index (χ4n) is 1.93. The van der Waals surface area contributed by atoms with Gasteiger partial charge in [-0.2, -0.15) is 0 Å². The summed E-state index contributed by atoms with van der Waals surface area (Å²) in [7, 11) is 1.33. The highest BCUT2D eigenvalue weighted by Crippen LogP contribution is 2.25. The molecule has 6 heteroatoms. The van der Waals surface area contributed by atoms with Gasteiger partial charge in [0.2, 0.25) is 0 Å². The normalized spacial score (nSPS) is 10.3. The summed E-state index contributed by atoms with van der Waals surface area (Å²) in [5.74, 6) is 0.960. The molecule has 0 spiro atoms. The number of halogens is 2. The van der Waals surface area contributed by atoms with Crippen LogP contribution >= 0.6 is 31.9 Å². The molecule has 0 bridgehead atoms. The van der Waals surface area contributed by atoms with E-state index in [4.69, 9.17) is 9.47 Å². The van der Waals surface area contributed by atoms with E-state index in [-0.39, 0.29) is 6.61 Å². The van der Waals surface area contributed by atoms with Gasteiger partial charge in [-0.3, -0.25) is 0 Å². The number of hydrogen-bond acceptors (Lipinski definition) is 4. The summed E-state index contributed by atoms with van der Waals surface area (Å²) >= 11 is 6.91. The molecule has 2 aromatic rings. The van der Waals surface area contributed by atoms with Crippen LogP contribution in [0.4, 0.5) is 0 Å². The lowest BCUT2D eigenvalue weighted by Crippen LogP contribution is -2.13. The SMILES string of the molecule is COC(=O)COc1ccc(OCc2cc(Br)cc(Br)c2)cc1C. The van der Waals surface area contributed by atoms with Crippen molar-refractivity contribution in [1.82, 2.24) is 0 Å². The Bertz CT molecular complexity index is 681. The molecule has 0 saturated carbocycles. The van der Waals surface area contributed by atoms with Crippen LogP contribution in [0.2, 0.25) is 0 Å². The zero-order valence-electron chi connectivity index (χ0n) is 12.8. The van der Waals surface area contributed by atoms with Gasteiger partial charge in [0.25, 0.3) is 0 Å². The lowest BCUT2D eigenvalue weighted by atomic mass is 10.2. The van der Waals surface area contributed by atoms with Crippen molar-refractivity contribution >= 4 is 37.8 Å². The number of esters is 1. The number of methoxy groups -OCH3 is 1. The van der Waals surface area contributed by atoms with Gasteiger partial charge in [0.1, 0.15) is 18.1 Å². The first-order chi connectivity index (χ1) is 11.0. The van der Waals surface area contributed by atoms with Crippen molar-refractivity contribution in [3.05, 3.63) is 56.5 Å². The van der Waals surface area contributed by atoms with E-state index in [0.717, 1.165) is 25.8 Å². The summed E-state index contributed by atoms with van der Waals surface area (Å²) in [6.07, 6.45) is 0. The van der Waals surface area contributed by atoms with Gasteiger partial charge in [0, 0.05) is 8.95 Å². The molecular weight excluding hydrogens is 428 g/mol. The molecule has 0 radical (unpaired) electrons. The first-order valence-electron chi connectivity index (χ1n) is 6.86. The number of rotatable bonds is 6. The molecule has 0 atom stereocenters. The molecule has 0 aliphatic heterocycles. The molecule has 0 aliphatic carbocycles. The van der Waals surface area contributed by atoms with Crippen molar-refractivity contribution in [2.24, 2.45) is 0 Å². The van der Waals surface area contributed by atoms with Gasteiger partial charge in [0.05, 0.1) is 7.11 Å². The standard InChI is InChI=1S/C17H16Br2O4/c1-11-5-15(3-4-16(11)23-10-17(20)21-2)22-9-12-6-13(18)8-14(19)7-12/h3-8H,9-10H2,1-2H3. The highest BCUT2D eigenvalue weighted by Gasteiger charge is 2.06. The smallest absolute Gasteiger partial charge is 0.343 e. The second-order valence-corrected chi connectivity index (χ2v) is 6.69. The molecule has 2 aromatic carbocycles. The van der Waals surface area contributed by atoms with Gasteiger partial charge in [-0.25, -0.2) is 4.79 Å². The van der Waals surface area contributed by atoms with E-state index in [1.807, 2.05) is 37.3 Å². The molecule has 0 heterocycles. The predicted octanol–water partition coefficient (Wildman–Crippen LogP) is 4.65. The molecule has 0 aromatic heterocycles. The van der Waals surface area contributed by atoms with Crippen molar-refractivity contribution < 1.29 is 19.0 Å². The average Bonchev–Trinajstić information content (AvgIpc) is 2.50. The van der Waals surface area contributed by atoms with Gasteiger partial charge >= 0.3 is 5.97 Å². The number of hydrogen-bond donors (Lipinski definition) is 0. The fourth-order valence-corrected chi connectivity index (χ4v) is 3.32. The van der Waals surface area contributed by atoms with Crippen molar-refractivity contribution in [3.63, 3.8) is 0 Å². The van der Waals surface area contributed by atoms with Crippen LogP contribution in [0, 0.1) is 6.92 Å². The minimum Gasteiger partial charge on any atom is -0.489 e. The quantitative estimate of drug-likeness (QED) is 0.609. The molecule has 122 valence electrons. The molecule has 0 N–H and O–H groups in total. The Balaban J connectivity index is 1.98. The maximum Gasteiger partial charge on any atom is 0.343 e. The van der Waals surface area contributed by atoms with Gasteiger partial charge in [-0.1, -0.05) is 31.9 Å². The van der Waals surface area contributed by atoms with Gasteiger partial charge in [0.15, 0.2) is 6.61 Å². The predicted molar refractivity (Wildman–Crippen MR) is 94.9 cm³/mol. The molecule has 4 nitrogen and oxygen atoms in total. The van der Waals surface area contributed by atoms with E-state index in [1.54, 1.807) is 6.07 Å². The largest absolute Gasteiger partial charge is 0.489 e. The van der Waals surface area contributed by atoms with Gasteiger partial charge < -0.3 is 14.2 Å². The van der Waals surface area contributed by atoms with E-state index >= 15 is 0 Å². The third-order valence-electron chi connectivity index (χ3n) is 3.05. The number of carbonyl (C=O) groups excluding carboxylic acids is 1. The molecule has 0 fully saturated rings. The Hall–Kier alpha value is -1.53. The number of aryl methyl sites for hydroxylation is 1. The minimum atomic E-state index is -0.412. The summed E-state index contributed by atoms with van der Waals surface area (Å²) in [5, 5.41) is 0. The highest BCUT2D eigenvalue weighted by molar-refractivity contribution is 9.11. The average molecular weight is 444 g/mol. The number of benzene rings is 2. The van der Waals surface area contributed by atoms with Crippen LogP contribution in [-0.4, -0.2) is 19.7 Å². The number of carbonyl (C=O) groups is 1. The monoisotopic (exact) mass is 442 g/mol. The lowest BCUT2D eigenvalue weighted by molar-refractivity contribution is -0.142. The van der Waals surface area contributed by atoms with Gasteiger partial charge in [-0.15, -0.1) is 0 Å². The second-order valence-electron chi connectivity index (χ2n) is 4.86. The van der Waals surface area contributed by atoms with E-state index in [0.29, 0.717) is 12.4 Å². The van der Waals surface area contributed by atoms with Crippen molar-refractivity contribution in [2.45, 2.75) is 13.5 Å². The summed E-state index contributed by atoms with van der Waals surface area (Å²) in [4.78, 5) is 11.1. The van der Waals surface area contributed by atoms with Crippen LogP contribution in [0.25, 0.3) is 0 Å². The molecule has 0 amide bonds. The Morgan fingerprint density at radius 1 is 1.04 bits per heavy atom. The van der Waals surface area contributed by atoms with Crippen molar-refractivity contribution in [2.75, 3.05) is 13.7 Å².